The molecule has 1 saturated heterocycles. The Morgan fingerprint density at radius 3 is 2.73 bits per heavy atom. The van der Waals surface area contributed by atoms with Crippen LogP contribution in [0, 0.1) is 6.92 Å². The molecule has 0 spiro atoms. The fourth-order valence-electron chi connectivity index (χ4n) is 3.47. The first-order chi connectivity index (χ1) is 14.7. The smallest absolute Gasteiger partial charge is 0.226 e. The number of morpholine rings is 1. The Morgan fingerprint density at radius 1 is 1.13 bits per heavy atom. The number of carbonyl (C=O) groups is 1. The van der Waals surface area contributed by atoms with Gasteiger partial charge < -0.3 is 10.1 Å². The SMILES string of the molecule is Cc1ccc(CNC(=O)Cc2csc(-c3cccc(CN4CCOCC4)c3)n2)cc1. The van der Waals surface area contributed by atoms with Gasteiger partial charge in [0.1, 0.15) is 5.01 Å². The van der Waals surface area contributed by atoms with Crippen LogP contribution in [-0.2, 0) is 29.0 Å². The van der Waals surface area contributed by atoms with Crippen molar-refractivity contribution in [3.8, 4) is 10.6 Å². The molecular formula is C24H27N3O2S. The van der Waals surface area contributed by atoms with Gasteiger partial charge in [-0.2, -0.15) is 0 Å². The van der Waals surface area contributed by atoms with Gasteiger partial charge in [-0.3, -0.25) is 9.69 Å². The average Bonchev–Trinajstić information content (AvgIpc) is 3.23. The number of ether oxygens (including phenoxy) is 1. The van der Waals surface area contributed by atoms with E-state index in [9.17, 15) is 4.79 Å². The molecule has 30 heavy (non-hydrogen) atoms. The van der Waals surface area contributed by atoms with Crippen molar-refractivity contribution in [2.24, 2.45) is 0 Å². The fraction of sp³-hybridized carbons (Fsp3) is 0.333. The lowest BCUT2D eigenvalue weighted by molar-refractivity contribution is -0.120. The highest BCUT2D eigenvalue weighted by molar-refractivity contribution is 7.13. The number of nitrogens with one attached hydrogen (secondary N) is 1. The van der Waals surface area contributed by atoms with Crippen molar-refractivity contribution in [3.05, 3.63) is 76.3 Å². The summed E-state index contributed by atoms with van der Waals surface area (Å²) in [7, 11) is 0. The molecule has 1 aliphatic heterocycles. The number of hydrogen-bond donors (Lipinski definition) is 1. The molecule has 0 aliphatic carbocycles. The van der Waals surface area contributed by atoms with Gasteiger partial charge >= 0.3 is 0 Å². The molecule has 1 N–H and O–H groups in total. The normalized spacial score (nSPS) is 14.6. The lowest BCUT2D eigenvalue weighted by atomic mass is 10.1. The maximum atomic E-state index is 12.3. The number of benzene rings is 2. The molecule has 1 amide bonds. The molecule has 0 atom stereocenters. The number of hydrogen-bond acceptors (Lipinski definition) is 5. The minimum absolute atomic E-state index is 0.00602. The standard InChI is InChI=1S/C24H27N3O2S/c1-18-5-7-19(8-6-18)15-25-23(28)14-22-17-30-24(26-22)21-4-2-3-20(13-21)16-27-9-11-29-12-10-27/h2-8,13,17H,9-12,14-16H2,1H3,(H,25,28). The third-order valence-electron chi connectivity index (χ3n) is 5.19. The number of thiazole rings is 1. The highest BCUT2D eigenvalue weighted by atomic mass is 32.1. The van der Waals surface area contributed by atoms with Crippen molar-refractivity contribution in [2.75, 3.05) is 26.3 Å². The Bertz CT molecular complexity index is 978. The van der Waals surface area contributed by atoms with E-state index < -0.39 is 0 Å². The molecule has 156 valence electrons. The maximum Gasteiger partial charge on any atom is 0.226 e. The summed E-state index contributed by atoms with van der Waals surface area (Å²) in [4.78, 5) is 19.4. The fourth-order valence-corrected chi connectivity index (χ4v) is 4.29. The number of nitrogens with zero attached hydrogens (tertiary/aromatic N) is 2. The summed E-state index contributed by atoms with van der Waals surface area (Å²) < 4.78 is 5.43. The summed E-state index contributed by atoms with van der Waals surface area (Å²) in [5.41, 5.74) is 5.52. The second kappa shape index (κ2) is 9.98. The molecule has 0 unspecified atom stereocenters. The first kappa shape index (κ1) is 20.7. The number of amides is 1. The van der Waals surface area contributed by atoms with E-state index in [4.69, 9.17) is 9.72 Å². The highest BCUT2D eigenvalue weighted by Gasteiger charge is 2.13. The van der Waals surface area contributed by atoms with Gasteiger partial charge in [0, 0.05) is 37.1 Å². The Morgan fingerprint density at radius 2 is 1.93 bits per heavy atom. The van der Waals surface area contributed by atoms with E-state index in [2.05, 4.69) is 53.5 Å². The maximum absolute atomic E-state index is 12.3. The van der Waals surface area contributed by atoms with Crippen LogP contribution in [0.5, 0.6) is 0 Å². The Hall–Kier alpha value is -2.54. The number of aromatic nitrogens is 1. The van der Waals surface area contributed by atoms with Crippen molar-refractivity contribution in [2.45, 2.75) is 26.4 Å². The number of carbonyl (C=O) groups excluding carboxylic acids is 1. The van der Waals surface area contributed by atoms with E-state index in [1.54, 1.807) is 11.3 Å². The van der Waals surface area contributed by atoms with Crippen molar-refractivity contribution >= 4 is 17.2 Å². The zero-order valence-corrected chi connectivity index (χ0v) is 18.1. The van der Waals surface area contributed by atoms with Gasteiger partial charge in [-0.05, 0) is 24.1 Å². The Kier molecular flexibility index (Phi) is 6.89. The van der Waals surface area contributed by atoms with Gasteiger partial charge in [0.2, 0.25) is 5.91 Å². The van der Waals surface area contributed by atoms with E-state index in [1.165, 1.54) is 11.1 Å². The molecule has 6 heteroatoms. The van der Waals surface area contributed by atoms with Crippen LogP contribution in [0.25, 0.3) is 10.6 Å². The molecule has 0 saturated carbocycles. The van der Waals surface area contributed by atoms with Crippen LogP contribution in [0.15, 0.2) is 53.9 Å². The van der Waals surface area contributed by atoms with E-state index in [1.807, 2.05) is 17.5 Å². The monoisotopic (exact) mass is 421 g/mol. The first-order valence-electron chi connectivity index (χ1n) is 10.3. The van der Waals surface area contributed by atoms with E-state index in [0.717, 1.165) is 54.7 Å². The molecular weight excluding hydrogens is 394 g/mol. The van der Waals surface area contributed by atoms with Crippen LogP contribution in [-0.4, -0.2) is 42.1 Å². The summed E-state index contributed by atoms with van der Waals surface area (Å²) in [5, 5.41) is 5.92. The van der Waals surface area contributed by atoms with Gasteiger partial charge in [-0.25, -0.2) is 4.98 Å². The van der Waals surface area contributed by atoms with Gasteiger partial charge in [0.25, 0.3) is 0 Å². The van der Waals surface area contributed by atoms with E-state index in [0.29, 0.717) is 13.0 Å². The second-order valence-electron chi connectivity index (χ2n) is 7.67. The molecule has 0 bridgehead atoms. The predicted molar refractivity (Wildman–Crippen MR) is 120 cm³/mol. The lowest BCUT2D eigenvalue weighted by Gasteiger charge is -2.26. The van der Waals surface area contributed by atoms with Crippen molar-refractivity contribution in [3.63, 3.8) is 0 Å². The van der Waals surface area contributed by atoms with Gasteiger partial charge in [-0.1, -0.05) is 48.0 Å². The lowest BCUT2D eigenvalue weighted by Crippen LogP contribution is -2.35. The molecule has 1 fully saturated rings. The second-order valence-corrected chi connectivity index (χ2v) is 8.53. The van der Waals surface area contributed by atoms with Gasteiger partial charge in [-0.15, -0.1) is 11.3 Å². The predicted octanol–water partition coefficient (Wildman–Crippen LogP) is 3.81. The molecule has 5 nitrogen and oxygen atoms in total. The summed E-state index contributed by atoms with van der Waals surface area (Å²) in [6, 6.07) is 16.7. The highest BCUT2D eigenvalue weighted by Crippen LogP contribution is 2.25. The molecule has 1 aromatic heterocycles. The van der Waals surface area contributed by atoms with Crippen LogP contribution in [0.1, 0.15) is 22.4 Å². The summed E-state index contributed by atoms with van der Waals surface area (Å²) in [6.07, 6.45) is 0.301. The van der Waals surface area contributed by atoms with E-state index >= 15 is 0 Å². The Labute approximate surface area is 181 Å². The van der Waals surface area contributed by atoms with Crippen LogP contribution >= 0.6 is 11.3 Å². The zero-order chi connectivity index (χ0) is 20.8. The summed E-state index contributed by atoms with van der Waals surface area (Å²) in [5.74, 6) is -0.00602. The van der Waals surface area contributed by atoms with Crippen LogP contribution in [0.4, 0.5) is 0 Å². The minimum atomic E-state index is -0.00602. The average molecular weight is 422 g/mol. The summed E-state index contributed by atoms with van der Waals surface area (Å²) in [6.45, 7) is 7.09. The van der Waals surface area contributed by atoms with E-state index in [-0.39, 0.29) is 5.91 Å². The van der Waals surface area contributed by atoms with Crippen LogP contribution < -0.4 is 5.32 Å². The van der Waals surface area contributed by atoms with Crippen molar-refractivity contribution < 1.29 is 9.53 Å². The minimum Gasteiger partial charge on any atom is -0.379 e. The molecule has 4 rings (SSSR count). The number of aryl methyl sites for hydroxylation is 1. The zero-order valence-electron chi connectivity index (χ0n) is 17.3. The third-order valence-corrected chi connectivity index (χ3v) is 6.13. The Balaban J connectivity index is 1.33. The quantitative estimate of drug-likeness (QED) is 0.630. The molecule has 0 radical (unpaired) electrons. The van der Waals surface area contributed by atoms with Crippen LogP contribution in [0.2, 0.25) is 0 Å². The summed E-state index contributed by atoms with van der Waals surface area (Å²) >= 11 is 1.59. The first-order valence-corrected chi connectivity index (χ1v) is 11.2. The van der Waals surface area contributed by atoms with Crippen molar-refractivity contribution in [1.29, 1.82) is 0 Å². The molecule has 3 aromatic rings. The largest absolute Gasteiger partial charge is 0.379 e. The van der Waals surface area contributed by atoms with Crippen LogP contribution in [0.3, 0.4) is 0 Å². The van der Waals surface area contributed by atoms with Gasteiger partial charge in [0.05, 0.1) is 25.3 Å². The van der Waals surface area contributed by atoms with Gasteiger partial charge in [0.15, 0.2) is 0 Å². The third kappa shape index (κ3) is 5.75. The van der Waals surface area contributed by atoms with Crippen molar-refractivity contribution in [1.82, 2.24) is 15.2 Å². The number of rotatable bonds is 7. The molecule has 1 aliphatic rings. The topological polar surface area (TPSA) is 54.5 Å². The molecule has 2 aromatic carbocycles. The molecule has 2 heterocycles.